The number of phenolic OH excluding ortho intramolecular Hbond substituents is 1. The molecule has 0 aromatic heterocycles. The first-order valence-electron chi connectivity index (χ1n) is 6.39. The molecule has 0 radical (unpaired) electrons. The van der Waals surface area contributed by atoms with Crippen LogP contribution in [0.5, 0.6) is 11.5 Å². The van der Waals surface area contributed by atoms with Gasteiger partial charge in [-0.2, -0.15) is 11.8 Å². The van der Waals surface area contributed by atoms with E-state index >= 15 is 0 Å². The number of hydrogen-bond acceptors (Lipinski definition) is 3. The van der Waals surface area contributed by atoms with Gasteiger partial charge in [0.25, 0.3) is 0 Å². The van der Waals surface area contributed by atoms with E-state index in [-0.39, 0.29) is 5.60 Å². The van der Waals surface area contributed by atoms with Crippen molar-refractivity contribution in [2.75, 3.05) is 6.26 Å². The Bertz CT molecular complexity index is 478. The number of phenols is 1. The minimum absolute atomic E-state index is 0.0994. The molecule has 0 saturated heterocycles. The van der Waals surface area contributed by atoms with Crippen LogP contribution in [0.3, 0.4) is 0 Å². The van der Waals surface area contributed by atoms with Gasteiger partial charge >= 0.3 is 0 Å². The molecule has 100 valence electrons. The van der Waals surface area contributed by atoms with Crippen LogP contribution in [-0.4, -0.2) is 17.0 Å². The Labute approximate surface area is 114 Å². The topological polar surface area (TPSA) is 29.5 Å². The maximum atomic E-state index is 10.3. The van der Waals surface area contributed by atoms with Crippen LogP contribution in [0.25, 0.3) is 0 Å². The third-order valence-electron chi connectivity index (χ3n) is 3.83. The minimum atomic E-state index is -0.0994. The van der Waals surface area contributed by atoms with E-state index < -0.39 is 0 Å². The van der Waals surface area contributed by atoms with Crippen molar-refractivity contribution in [1.82, 2.24) is 0 Å². The average Bonchev–Trinajstić information content (AvgIpc) is 2.31. The summed E-state index contributed by atoms with van der Waals surface area (Å²) in [5.41, 5.74) is 4.22. The molecule has 1 aliphatic heterocycles. The van der Waals surface area contributed by atoms with E-state index in [0.29, 0.717) is 5.75 Å². The minimum Gasteiger partial charge on any atom is -0.507 e. The summed E-state index contributed by atoms with van der Waals surface area (Å²) in [4.78, 5) is 0. The van der Waals surface area contributed by atoms with E-state index in [1.807, 2.05) is 13.8 Å². The largest absolute Gasteiger partial charge is 0.507 e. The first-order chi connectivity index (χ1) is 8.37. The van der Waals surface area contributed by atoms with E-state index in [9.17, 15) is 5.11 Å². The number of benzene rings is 1. The van der Waals surface area contributed by atoms with Crippen molar-refractivity contribution < 1.29 is 9.84 Å². The fourth-order valence-corrected chi connectivity index (χ4v) is 3.14. The molecule has 0 amide bonds. The molecule has 0 spiro atoms. The predicted octanol–water partition coefficient (Wildman–Crippen LogP) is 3.98. The summed E-state index contributed by atoms with van der Waals surface area (Å²) in [7, 11) is 0. The van der Waals surface area contributed by atoms with Gasteiger partial charge in [-0.15, -0.1) is 0 Å². The second-order valence-electron chi connectivity index (χ2n) is 5.68. The summed E-state index contributed by atoms with van der Waals surface area (Å²) in [6, 6.07) is 0. The summed E-state index contributed by atoms with van der Waals surface area (Å²) < 4.78 is 6.15. The Kier molecular flexibility index (Phi) is 3.54. The molecule has 0 aliphatic carbocycles. The molecule has 0 unspecified atom stereocenters. The smallest absolute Gasteiger partial charge is 0.127 e. The fourth-order valence-electron chi connectivity index (χ4n) is 2.54. The molecule has 2 nitrogen and oxygen atoms in total. The molecule has 1 aromatic rings. The van der Waals surface area contributed by atoms with E-state index in [4.69, 9.17) is 4.74 Å². The molecule has 2 rings (SSSR count). The summed E-state index contributed by atoms with van der Waals surface area (Å²) in [5, 5.41) is 10.3. The Morgan fingerprint density at radius 1 is 1.28 bits per heavy atom. The van der Waals surface area contributed by atoms with Gasteiger partial charge in [0.2, 0.25) is 0 Å². The summed E-state index contributed by atoms with van der Waals surface area (Å²) >= 11 is 1.74. The molecule has 0 bridgehead atoms. The molecule has 1 aromatic carbocycles. The number of fused-ring (bicyclic) bond motifs is 1. The van der Waals surface area contributed by atoms with Gasteiger partial charge in [-0.05, 0) is 57.9 Å². The van der Waals surface area contributed by atoms with Crippen LogP contribution in [0.2, 0.25) is 0 Å². The van der Waals surface area contributed by atoms with E-state index in [1.165, 1.54) is 5.56 Å². The van der Waals surface area contributed by atoms with Crippen LogP contribution in [0.1, 0.15) is 42.5 Å². The van der Waals surface area contributed by atoms with Crippen molar-refractivity contribution in [3.63, 3.8) is 0 Å². The zero-order valence-electron chi connectivity index (χ0n) is 11.9. The van der Waals surface area contributed by atoms with E-state index in [0.717, 1.165) is 41.0 Å². The molecule has 1 N–H and O–H groups in total. The monoisotopic (exact) mass is 266 g/mol. The molecular weight excluding hydrogens is 244 g/mol. The normalized spacial score (nSPS) is 17.2. The quantitative estimate of drug-likeness (QED) is 0.878. The van der Waals surface area contributed by atoms with Crippen LogP contribution >= 0.6 is 11.8 Å². The van der Waals surface area contributed by atoms with E-state index in [1.54, 1.807) is 11.8 Å². The lowest BCUT2D eigenvalue weighted by Crippen LogP contribution is -2.33. The third-order valence-corrected chi connectivity index (χ3v) is 4.40. The zero-order valence-corrected chi connectivity index (χ0v) is 12.7. The molecular formula is C15H22O2S. The lowest BCUT2D eigenvalue weighted by Gasteiger charge is -2.35. The lowest BCUT2D eigenvalue weighted by molar-refractivity contribution is 0.0831. The number of rotatable bonds is 2. The van der Waals surface area contributed by atoms with Gasteiger partial charge in [0, 0.05) is 16.9 Å². The number of hydrogen-bond donors (Lipinski definition) is 1. The van der Waals surface area contributed by atoms with Gasteiger partial charge in [0.05, 0.1) is 0 Å². The van der Waals surface area contributed by atoms with Crippen LogP contribution in [-0.2, 0) is 12.2 Å². The second kappa shape index (κ2) is 4.69. The Morgan fingerprint density at radius 3 is 2.56 bits per heavy atom. The SMILES string of the molecule is CSCc1c(O)c(C)c(C)c2c1CCC(C)(C)O2. The maximum absolute atomic E-state index is 10.3. The molecule has 18 heavy (non-hydrogen) atoms. The molecule has 1 aliphatic rings. The molecule has 3 heteroatoms. The van der Waals surface area contributed by atoms with Crippen molar-refractivity contribution >= 4 is 11.8 Å². The van der Waals surface area contributed by atoms with Gasteiger partial charge in [-0.25, -0.2) is 0 Å². The molecule has 0 saturated carbocycles. The zero-order chi connectivity index (χ0) is 13.5. The van der Waals surface area contributed by atoms with Crippen LogP contribution < -0.4 is 4.74 Å². The predicted molar refractivity (Wildman–Crippen MR) is 77.8 cm³/mol. The van der Waals surface area contributed by atoms with Crippen molar-refractivity contribution in [2.24, 2.45) is 0 Å². The summed E-state index contributed by atoms with van der Waals surface area (Å²) in [5.74, 6) is 2.31. The standard InChI is InChI=1S/C15H22O2S/c1-9-10(2)14-11(6-7-15(3,4)17-14)12(8-18-5)13(9)16/h16H,6-8H2,1-5H3. The average molecular weight is 266 g/mol. The molecule has 0 fully saturated rings. The summed E-state index contributed by atoms with van der Waals surface area (Å²) in [6.07, 6.45) is 4.06. The van der Waals surface area contributed by atoms with Crippen molar-refractivity contribution in [2.45, 2.75) is 51.9 Å². The third kappa shape index (κ3) is 2.20. The van der Waals surface area contributed by atoms with Gasteiger partial charge in [0.1, 0.15) is 17.1 Å². The highest BCUT2D eigenvalue weighted by Crippen LogP contribution is 2.44. The summed E-state index contributed by atoms with van der Waals surface area (Å²) in [6.45, 7) is 8.27. The molecule has 1 heterocycles. The highest BCUT2D eigenvalue weighted by atomic mass is 32.2. The van der Waals surface area contributed by atoms with Crippen molar-refractivity contribution in [3.8, 4) is 11.5 Å². The van der Waals surface area contributed by atoms with Crippen LogP contribution in [0.4, 0.5) is 0 Å². The lowest BCUT2D eigenvalue weighted by atomic mass is 9.88. The first kappa shape index (κ1) is 13.6. The Hall–Kier alpha value is -0.830. The van der Waals surface area contributed by atoms with Gasteiger partial charge in [-0.3, -0.25) is 0 Å². The van der Waals surface area contributed by atoms with Crippen molar-refractivity contribution in [3.05, 3.63) is 22.3 Å². The van der Waals surface area contributed by atoms with Crippen LogP contribution in [0.15, 0.2) is 0 Å². The van der Waals surface area contributed by atoms with Crippen molar-refractivity contribution in [1.29, 1.82) is 0 Å². The van der Waals surface area contributed by atoms with Gasteiger partial charge in [0.15, 0.2) is 0 Å². The highest BCUT2D eigenvalue weighted by molar-refractivity contribution is 7.97. The second-order valence-corrected chi connectivity index (χ2v) is 6.55. The van der Waals surface area contributed by atoms with Crippen LogP contribution in [0, 0.1) is 13.8 Å². The Morgan fingerprint density at radius 2 is 1.94 bits per heavy atom. The first-order valence-corrected chi connectivity index (χ1v) is 7.78. The number of aromatic hydroxyl groups is 1. The van der Waals surface area contributed by atoms with E-state index in [2.05, 4.69) is 20.1 Å². The number of thioether (sulfide) groups is 1. The van der Waals surface area contributed by atoms with Gasteiger partial charge in [-0.1, -0.05) is 0 Å². The maximum Gasteiger partial charge on any atom is 0.127 e. The fraction of sp³-hybridized carbons (Fsp3) is 0.600. The highest BCUT2D eigenvalue weighted by Gasteiger charge is 2.31. The number of ether oxygens (including phenoxy) is 1. The Balaban J connectivity index is 2.62. The molecule has 0 atom stereocenters. The van der Waals surface area contributed by atoms with Gasteiger partial charge < -0.3 is 9.84 Å².